The van der Waals surface area contributed by atoms with Crippen molar-refractivity contribution < 1.29 is 13.9 Å². The van der Waals surface area contributed by atoms with Gasteiger partial charge in [0.15, 0.2) is 0 Å². The zero-order chi connectivity index (χ0) is 15.6. The van der Waals surface area contributed by atoms with Crippen LogP contribution < -0.4 is 9.47 Å². The van der Waals surface area contributed by atoms with Crippen molar-refractivity contribution in [2.24, 2.45) is 0 Å². The first-order valence-corrected chi connectivity index (χ1v) is 8.00. The fourth-order valence-corrected chi connectivity index (χ4v) is 3.16. The third-order valence-corrected chi connectivity index (χ3v) is 4.91. The van der Waals surface area contributed by atoms with E-state index < -0.39 is 0 Å². The Bertz CT molecular complexity index is 659. The molecule has 0 fully saturated rings. The van der Waals surface area contributed by atoms with E-state index in [0.717, 1.165) is 15.6 Å². The van der Waals surface area contributed by atoms with Crippen LogP contribution >= 0.6 is 31.9 Å². The van der Waals surface area contributed by atoms with Crippen LogP contribution in [0.3, 0.4) is 0 Å². The lowest BCUT2D eigenvalue weighted by Crippen LogP contribution is -2.00. The molecule has 2 aromatic rings. The molecule has 0 saturated carbocycles. The molecule has 0 amide bonds. The Balaban J connectivity index is 2.50. The van der Waals surface area contributed by atoms with Crippen molar-refractivity contribution in [1.29, 1.82) is 0 Å². The minimum absolute atomic E-state index is 0.190. The summed E-state index contributed by atoms with van der Waals surface area (Å²) in [5.41, 5.74) is 2.32. The molecule has 0 aliphatic heterocycles. The molecule has 0 aliphatic rings. The average molecular weight is 418 g/mol. The van der Waals surface area contributed by atoms with Gasteiger partial charge in [-0.1, -0.05) is 28.1 Å². The van der Waals surface area contributed by atoms with Gasteiger partial charge in [-0.2, -0.15) is 0 Å². The Morgan fingerprint density at radius 1 is 1.05 bits per heavy atom. The van der Waals surface area contributed by atoms with Gasteiger partial charge in [0.25, 0.3) is 0 Å². The average Bonchev–Trinajstić information content (AvgIpc) is 2.49. The first kappa shape index (κ1) is 16.3. The molecule has 0 bridgehead atoms. The maximum Gasteiger partial charge on any atom is 0.133 e. The van der Waals surface area contributed by atoms with E-state index in [1.165, 1.54) is 6.07 Å². The van der Waals surface area contributed by atoms with Crippen LogP contribution in [-0.2, 0) is 0 Å². The topological polar surface area (TPSA) is 18.5 Å². The molecule has 0 saturated heterocycles. The van der Waals surface area contributed by atoms with Gasteiger partial charge in [-0.3, -0.25) is 0 Å². The highest BCUT2D eigenvalue weighted by Crippen LogP contribution is 2.41. The van der Waals surface area contributed by atoms with Crippen molar-refractivity contribution in [3.05, 3.63) is 57.3 Å². The third-order valence-electron chi connectivity index (χ3n) is 3.27. The standard InChI is InChI=1S/C16H15Br2FO2/c1-9-4-5-10(6-13(9)19)16(18)11-7-15(21-3)12(17)8-14(11)20-2/h4-8,16H,1-3H3. The number of hydrogen-bond acceptors (Lipinski definition) is 2. The molecule has 21 heavy (non-hydrogen) atoms. The van der Waals surface area contributed by atoms with E-state index in [9.17, 15) is 4.39 Å². The van der Waals surface area contributed by atoms with Gasteiger partial charge in [0.2, 0.25) is 0 Å². The van der Waals surface area contributed by atoms with Crippen molar-refractivity contribution >= 4 is 31.9 Å². The van der Waals surface area contributed by atoms with Crippen LogP contribution in [0.2, 0.25) is 0 Å². The molecule has 2 aromatic carbocycles. The van der Waals surface area contributed by atoms with Crippen molar-refractivity contribution in [2.45, 2.75) is 11.8 Å². The maximum atomic E-state index is 13.8. The summed E-state index contributed by atoms with van der Waals surface area (Å²) in [5, 5.41) is 0. The summed E-state index contributed by atoms with van der Waals surface area (Å²) in [6.07, 6.45) is 0. The fourth-order valence-electron chi connectivity index (χ4n) is 2.03. The summed E-state index contributed by atoms with van der Waals surface area (Å²) in [6, 6.07) is 8.91. The molecule has 2 rings (SSSR count). The van der Waals surface area contributed by atoms with Crippen LogP contribution in [0.1, 0.15) is 21.5 Å². The molecule has 0 radical (unpaired) electrons. The number of hydrogen-bond donors (Lipinski definition) is 0. The van der Waals surface area contributed by atoms with Crippen LogP contribution in [0.5, 0.6) is 11.5 Å². The first-order valence-electron chi connectivity index (χ1n) is 6.29. The van der Waals surface area contributed by atoms with Crippen LogP contribution in [-0.4, -0.2) is 14.2 Å². The van der Waals surface area contributed by atoms with E-state index in [1.54, 1.807) is 27.2 Å². The fraction of sp³-hybridized carbons (Fsp3) is 0.250. The Labute approximate surface area is 140 Å². The Morgan fingerprint density at radius 2 is 1.71 bits per heavy atom. The summed E-state index contributed by atoms with van der Waals surface area (Å²) < 4.78 is 25.3. The predicted molar refractivity (Wildman–Crippen MR) is 89.2 cm³/mol. The molecular weight excluding hydrogens is 403 g/mol. The number of rotatable bonds is 4. The molecule has 0 spiro atoms. The van der Waals surface area contributed by atoms with E-state index in [2.05, 4.69) is 31.9 Å². The number of methoxy groups -OCH3 is 2. The highest BCUT2D eigenvalue weighted by atomic mass is 79.9. The highest BCUT2D eigenvalue weighted by molar-refractivity contribution is 9.10. The van der Waals surface area contributed by atoms with Gasteiger partial charge in [0.05, 0.1) is 23.5 Å². The minimum Gasteiger partial charge on any atom is -0.496 e. The van der Waals surface area contributed by atoms with Gasteiger partial charge in [-0.15, -0.1) is 0 Å². The van der Waals surface area contributed by atoms with Gasteiger partial charge in [-0.05, 0) is 52.2 Å². The van der Waals surface area contributed by atoms with Crippen molar-refractivity contribution in [3.8, 4) is 11.5 Å². The summed E-state index contributed by atoms with van der Waals surface area (Å²) >= 11 is 7.04. The lowest BCUT2D eigenvalue weighted by molar-refractivity contribution is 0.397. The smallest absolute Gasteiger partial charge is 0.133 e. The number of ether oxygens (including phenoxy) is 2. The second-order valence-electron chi connectivity index (χ2n) is 4.60. The van der Waals surface area contributed by atoms with Gasteiger partial charge in [0.1, 0.15) is 17.3 Å². The molecule has 112 valence electrons. The predicted octanol–water partition coefficient (Wildman–Crippen LogP) is 5.40. The van der Waals surface area contributed by atoms with Crippen molar-refractivity contribution in [3.63, 3.8) is 0 Å². The van der Waals surface area contributed by atoms with Crippen LogP contribution in [0, 0.1) is 12.7 Å². The summed E-state index contributed by atoms with van der Waals surface area (Å²) in [7, 11) is 3.21. The molecule has 0 N–H and O–H groups in total. The van der Waals surface area contributed by atoms with Gasteiger partial charge in [0, 0.05) is 5.56 Å². The molecule has 1 unspecified atom stereocenters. The van der Waals surface area contributed by atoms with Crippen molar-refractivity contribution in [2.75, 3.05) is 14.2 Å². The minimum atomic E-state index is -0.222. The molecule has 0 heterocycles. The molecule has 1 atom stereocenters. The zero-order valence-corrected chi connectivity index (χ0v) is 15.1. The third kappa shape index (κ3) is 3.40. The van der Waals surface area contributed by atoms with E-state index in [0.29, 0.717) is 17.1 Å². The van der Waals surface area contributed by atoms with Crippen LogP contribution in [0.15, 0.2) is 34.8 Å². The normalized spacial score (nSPS) is 12.1. The zero-order valence-electron chi connectivity index (χ0n) is 11.9. The number of benzene rings is 2. The second-order valence-corrected chi connectivity index (χ2v) is 6.37. The van der Waals surface area contributed by atoms with E-state index in [1.807, 2.05) is 18.2 Å². The molecule has 0 aromatic heterocycles. The molecule has 2 nitrogen and oxygen atoms in total. The van der Waals surface area contributed by atoms with Crippen molar-refractivity contribution in [1.82, 2.24) is 0 Å². The SMILES string of the molecule is COc1cc(C(Br)c2ccc(C)c(F)c2)c(OC)cc1Br. The largest absolute Gasteiger partial charge is 0.496 e. The molecule has 5 heteroatoms. The molecule has 0 aliphatic carbocycles. The molecular formula is C16H15Br2FO2. The van der Waals surface area contributed by atoms with Gasteiger partial charge >= 0.3 is 0 Å². The summed E-state index contributed by atoms with van der Waals surface area (Å²) in [5.74, 6) is 1.17. The first-order chi connectivity index (χ1) is 9.97. The Kier molecular flexibility index (Phi) is 5.27. The van der Waals surface area contributed by atoms with E-state index in [-0.39, 0.29) is 10.6 Å². The van der Waals surface area contributed by atoms with Crippen LogP contribution in [0.25, 0.3) is 0 Å². The highest BCUT2D eigenvalue weighted by Gasteiger charge is 2.19. The number of halogens is 3. The number of alkyl halides is 1. The lowest BCUT2D eigenvalue weighted by Gasteiger charge is -2.17. The maximum absolute atomic E-state index is 13.8. The Hall–Kier alpha value is -1.07. The monoisotopic (exact) mass is 416 g/mol. The quantitative estimate of drug-likeness (QED) is 0.620. The van der Waals surface area contributed by atoms with E-state index >= 15 is 0 Å². The van der Waals surface area contributed by atoms with Crippen LogP contribution in [0.4, 0.5) is 4.39 Å². The number of aryl methyl sites for hydroxylation is 1. The summed E-state index contributed by atoms with van der Waals surface area (Å²) in [4.78, 5) is -0.190. The van der Waals surface area contributed by atoms with Gasteiger partial charge in [-0.25, -0.2) is 4.39 Å². The summed E-state index contributed by atoms with van der Waals surface area (Å²) in [6.45, 7) is 1.74. The second kappa shape index (κ2) is 6.79. The van der Waals surface area contributed by atoms with Gasteiger partial charge < -0.3 is 9.47 Å². The van der Waals surface area contributed by atoms with E-state index in [4.69, 9.17) is 9.47 Å². The Morgan fingerprint density at radius 3 is 2.29 bits per heavy atom. The lowest BCUT2D eigenvalue weighted by atomic mass is 10.0.